The Hall–Kier alpha value is -3.21. The van der Waals surface area contributed by atoms with Gasteiger partial charge in [-0.2, -0.15) is 18.3 Å². The summed E-state index contributed by atoms with van der Waals surface area (Å²) in [4.78, 5) is 19.3. The molecule has 0 saturated heterocycles. The van der Waals surface area contributed by atoms with E-state index in [0.717, 1.165) is 24.4 Å². The van der Waals surface area contributed by atoms with Crippen LogP contribution in [0.2, 0.25) is 0 Å². The minimum atomic E-state index is -4.71. The minimum Gasteiger partial charge on any atom is -0.494 e. The number of aromatic nitrogens is 4. The lowest BCUT2D eigenvalue weighted by Gasteiger charge is -2.42. The minimum absolute atomic E-state index is 0.156. The number of aliphatic hydroxyl groups is 1. The van der Waals surface area contributed by atoms with Crippen molar-refractivity contribution in [2.75, 3.05) is 12.4 Å². The topological polar surface area (TPSA) is 102 Å². The molecule has 1 amide bonds. The third-order valence-corrected chi connectivity index (χ3v) is 5.74. The first-order valence-corrected chi connectivity index (χ1v) is 9.95. The van der Waals surface area contributed by atoms with Crippen LogP contribution in [0.25, 0.3) is 10.9 Å². The fraction of sp³-hybridized carbons (Fsp3) is 0.429. The maximum absolute atomic E-state index is 12.9. The number of methoxy groups -OCH3 is 1. The summed E-state index contributed by atoms with van der Waals surface area (Å²) in [5.74, 6) is -0.350. The number of benzene rings is 1. The Morgan fingerprint density at radius 3 is 2.59 bits per heavy atom. The molecule has 1 fully saturated rings. The Labute approximate surface area is 181 Å². The largest absolute Gasteiger partial charge is 0.494 e. The van der Waals surface area contributed by atoms with Gasteiger partial charge in [0.1, 0.15) is 11.4 Å². The molecule has 3 aromatic rings. The molecule has 1 saturated carbocycles. The summed E-state index contributed by atoms with van der Waals surface area (Å²) in [6.07, 6.45) is 0.239. The van der Waals surface area contributed by atoms with E-state index in [2.05, 4.69) is 20.4 Å². The smallest absolute Gasteiger partial charge is 0.434 e. The number of nitrogens with one attached hydrogen (secondary N) is 1. The molecule has 0 unspecified atom stereocenters. The fourth-order valence-corrected chi connectivity index (χ4v) is 3.70. The van der Waals surface area contributed by atoms with Crippen molar-refractivity contribution in [3.05, 3.63) is 42.1 Å². The Kier molecular flexibility index (Phi) is 5.32. The zero-order chi connectivity index (χ0) is 23.3. The maximum Gasteiger partial charge on any atom is 0.434 e. The number of nitrogens with zero attached hydrogens (tertiary/aromatic N) is 4. The molecular weight excluding hydrogens is 427 g/mol. The molecule has 8 nitrogen and oxygen atoms in total. The highest BCUT2D eigenvalue weighted by atomic mass is 19.4. The molecule has 11 heteroatoms. The first-order chi connectivity index (χ1) is 15.0. The van der Waals surface area contributed by atoms with Crippen LogP contribution in [-0.2, 0) is 6.18 Å². The number of fused-ring (bicyclic) bond motifs is 1. The van der Waals surface area contributed by atoms with E-state index in [4.69, 9.17) is 4.74 Å². The highest BCUT2D eigenvalue weighted by Crippen LogP contribution is 2.44. The summed E-state index contributed by atoms with van der Waals surface area (Å²) >= 11 is 0. The van der Waals surface area contributed by atoms with Crippen LogP contribution in [0.3, 0.4) is 0 Å². The van der Waals surface area contributed by atoms with Gasteiger partial charge < -0.3 is 15.2 Å². The van der Waals surface area contributed by atoms with Crippen molar-refractivity contribution in [2.45, 2.75) is 44.5 Å². The van der Waals surface area contributed by atoms with Crippen LogP contribution in [0.5, 0.6) is 5.75 Å². The molecular formula is C21H22F3N5O3. The van der Waals surface area contributed by atoms with Gasteiger partial charge in [-0.1, -0.05) is 0 Å². The highest BCUT2D eigenvalue weighted by Gasteiger charge is 2.40. The second-order valence-corrected chi connectivity index (χ2v) is 8.44. The summed E-state index contributed by atoms with van der Waals surface area (Å²) in [5.41, 5.74) is -1.54. The van der Waals surface area contributed by atoms with Gasteiger partial charge >= 0.3 is 6.18 Å². The van der Waals surface area contributed by atoms with Crippen molar-refractivity contribution < 1.29 is 27.8 Å². The van der Waals surface area contributed by atoms with Gasteiger partial charge in [-0.25, -0.2) is 4.98 Å². The van der Waals surface area contributed by atoms with E-state index in [1.54, 1.807) is 26.0 Å². The number of hydrogen-bond donors (Lipinski definition) is 2. The predicted molar refractivity (Wildman–Crippen MR) is 109 cm³/mol. The third-order valence-electron chi connectivity index (χ3n) is 5.74. The van der Waals surface area contributed by atoms with Crippen molar-refractivity contribution >= 4 is 22.5 Å². The number of ether oxygens (including phenoxy) is 1. The number of alkyl halides is 3. The summed E-state index contributed by atoms with van der Waals surface area (Å²) < 4.78 is 45.8. The van der Waals surface area contributed by atoms with Crippen LogP contribution in [0.1, 0.15) is 48.9 Å². The number of amides is 1. The van der Waals surface area contributed by atoms with Crippen LogP contribution < -0.4 is 10.1 Å². The lowest BCUT2D eigenvalue weighted by molar-refractivity contribution is -0.141. The number of hydrogen-bond acceptors (Lipinski definition) is 6. The van der Waals surface area contributed by atoms with Gasteiger partial charge in [0, 0.05) is 17.6 Å². The van der Waals surface area contributed by atoms with Gasteiger partial charge in [0.05, 0.1) is 42.4 Å². The second-order valence-electron chi connectivity index (χ2n) is 8.44. The summed E-state index contributed by atoms with van der Waals surface area (Å²) in [7, 11) is 1.41. The van der Waals surface area contributed by atoms with E-state index in [0.29, 0.717) is 17.5 Å². The molecule has 0 aliphatic heterocycles. The zero-order valence-electron chi connectivity index (χ0n) is 17.6. The van der Waals surface area contributed by atoms with Crippen molar-refractivity contribution in [3.8, 4) is 5.75 Å². The van der Waals surface area contributed by atoms with Crippen LogP contribution in [-0.4, -0.2) is 43.5 Å². The molecule has 0 radical (unpaired) electrons. The monoisotopic (exact) mass is 449 g/mol. The Bertz CT molecular complexity index is 1160. The average molecular weight is 449 g/mol. The van der Waals surface area contributed by atoms with Crippen molar-refractivity contribution in [2.24, 2.45) is 5.92 Å². The molecule has 2 N–H and O–H groups in total. The zero-order valence-corrected chi connectivity index (χ0v) is 17.6. The lowest BCUT2D eigenvalue weighted by Crippen LogP contribution is -2.41. The molecule has 0 spiro atoms. The van der Waals surface area contributed by atoms with Gasteiger partial charge in [0.15, 0.2) is 5.69 Å². The van der Waals surface area contributed by atoms with Gasteiger partial charge in [0.2, 0.25) is 0 Å². The van der Waals surface area contributed by atoms with Gasteiger partial charge in [-0.05, 0) is 38.7 Å². The Balaban J connectivity index is 1.57. The molecule has 1 aliphatic carbocycles. The Morgan fingerprint density at radius 1 is 1.25 bits per heavy atom. The summed E-state index contributed by atoms with van der Waals surface area (Å²) in [6, 6.07) is 3.44. The molecule has 2 aromatic heterocycles. The van der Waals surface area contributed by atoms with Crippen molar-refractivity contribution in [1.29, 1.82) is 0 Å². The Morgan fingerprint density at radius 2 is 1.97 bits per heavy atom. The lowest BCUT2D eigenvalue weighted by atomic mass is 9.71. The number of carbonyl (C=O) groups is 1. The normalized spacial score (nSPS) is 19.0. The standard InChI is InChI=1S/C21H22F3N5O3/c1-20(2,31)12-5-13(6-12)29-10-11-4-15(17(32-3)7-14(11)28-29)27-19(30)16-8-25-9-18(26-16)21(22,23)24/h4,7-10,12-13,31H,5-6H2,1-3H3,(H,27,30)/t12-,13-. The summed E-state index contributed by atoms with van der Waals surface area (Å²) in [6.45, 7) is 3.59. The van der Waals surface area contributed by atoms with E-state index in [1.165, 1.54) is 7.11 Å². The number of halogens is 3. The van der Waals surface area contributed by atoms with Crippen LogP contribution in [0.4, 0.5) is 18.9 Å². The quantitative estimate of drug-likeness (QED) is 0.614. The third kappa shape index (κ3) is 4.24. The SMILES string of the molecule is COc1cc2nn([C@H]3C[C@H](C(C)(C)O)C3)cc2cc1NC(=O)c1cncc(C(F)(F)F)n1. The van der Waals surface area contributed by atoms with E-state index in [1.807, 2.05) is 10.9 Å². The van der Waals surface area contributed by atoms with E-state index in [9.17, 15) is 23.1 Å². The van der Waals surface area contributed by atoms with Crippen molar-refractivity contribution in [3.63, 3.8) is 0 Å². The molecule has 1 aliphatic rings. The average Bonchev–Trinajstić information content (AvgIpc) is 3.06. The molecule has 0 atom stereocenters. The van der Waals surface area contributed by atoms with E-state index >= 15 is 0 Å². The predicted octanol–water partition coefficient (Wildman–Crippen LogP) is 3.83. The van der Waals surface area contributed by atoms with Crippen LogP contribution >= 0.6 is 0 Å². The first-order valence-electron chi connectivity index (χ1n) is 9.95. The maximum atomic E-state index is 12.9. The summed E-state index contributed by atoms with van der Waals surface area (Å²) in [5, 5.41) is 18.0. The van der Waals surface area contributed by atoms with Gasteiger partial charge in [-0.15, -0.1) is 0 Å². The molecule has 32 heavy (non-hydrogen) atoms. The molecule has 4 rings (SSSR count). The fourth-order valence-electron chi connectivity index (χ4n) is 3.70. The molecule has 2 heterocycles. The van der Waals surface area contributed by atoms with Crippen LogP contribution in [0, 0.1) is 5.92 Å². The van der Waals surface area contributed by atoms with Crippen LogP contribution in [0.15, 0.2) is 30.7 Å². The van der Waals surface area contributed by atoms with Crippen molar-refractivity contribution in [1.82, 2.24) is 19.7 Å². The van der Waals surface area contributed by atoms with Gasteiger partial charge in [0.25, 0.3) is 5.91 Å². The van der Waals surface area contributed by atoms with E-state index in [-0.39, 0.29) is 17.6 Å². The highest BCUT2D eigenvalue weighted by molar-refractivity contribution is 6.04. The number of carbonyl (C=O) groups excluding carboxylic acids is 1. The first kappa shape index (κ1) is 22.0. The number of anilines is 1. The second kappa shape index (κ2) is 7.73. The van der Waals surface area contributed by atoms with E-state index < -0.39 is 29.1 Å². The number of rotatable bonds is 5. The molecule has 0 bridgehead atoms. The molecule has 170 valence electrons. The van der Waals surface area contributed by atoms with Gasteiger partial charge in [-0.3, -0.25) is 14.5 Å². The molecule has 1 aromatic carbocycles.